The van der Waals surface area contributed by atoms with Gasteiger partial charge in [-0.25, -0.2) is 9.48 Å². The molecule has 0 aliphatic heterocycles. The fourth-order valence-electron chi connectivity index (χ4n) is 2.97. The highest BCUT2D eigenvalue weighted by Crippen LogP contribution is 2.21. The van der Waals surface area contributed by atoms with Gasteiger partial charge in [-0.1, -0.05) is 12.1 Å². The summed E-state index contributed by atoms with van der Waals surface area (Å²) in [5, 5.41) is 7.17. The molecule has 2 aromatic carbocycles. The Morgan fingerprint density at radius 2 is 1.81 bits per heavy atom. The van der Waals surface area contributed by atoms with Gasteiger partial charge in [0.1, 0.15) is 5.75 Å². The molecule has 0 aliphatic carbocycles. The van der Waals surface area contributed by atoms with Gasteiger partial charge in [-0.15, -0.1) is 0 Å². The summed E-state index contributed by atoms with van der Waals surface area (Å²) < 4.78 is 11.2. The smallest absolute Gasteiger partial charge is 0.337 e. The molecule has 1 N–H and O–H groups in total. The molecular weight excluding hydrogens is 398 g/mol. The van der Waals surface area contributed by atoms with E-state index < -0.39 is 5.97 Å². The van der Waals surface area contributed by atoms with Crippen LogP contribution in [0, 0.1) is 0 Å². The molecule has 8 nitrogen and oxygen atoms in total. The summed E-state index contributed by atoms with van der Waals surface area (Å²) in [6, 6.07) is 17.0. The summed E-state index contributed by atoms with van der Waals surface area (Å²) in [7, 11) is 2.90. The van der Waals surface area contributed by atoms with Crippen molar-refractivity contribution in [3.8, 4) is 17.0 Å². The van der Waals surface area contributed by atoms with E-state index in [4.69, 9.17) is 4.74 Å². The Hall–Kier alpha value is -3.94. The molecule has 0 saturated carbocycles. The number of carbonyl (C=O) groups is 2. The first-order valence-electron chi connectivity index (χ1n) is 9.71. The van der Waals surface area contributed by atoms with Gasteiger partial charge in [0.25, 0.3) is 5.56 Å². The normalized spacial score (nSPS) is 10.4. The second-order valence-corrected chi connectivity index (χ2v) is 6.73. The zero-order valence-corrected chi connectivity index (χ0v) is 17.3. The van der Waals surface area contributed by atoms with Crippen LogP contribution in [-0.2, 0) is 16.1 Å². The van der Waals surface area contributed by atoms with E-state index in [0.717, 1.165) is 5.56 Å². The van der Waals surface area contributed by atoms with Crippen molar-refractivity contribution in [1.29, 1.82) is 0 Å². The molecule has 0 saturated heterocycles. The van der Waals surface area contributed by atoms with Crippen LogP contribution in [0.1, 0.15) is 23.2 Å². The lowest BCUT2D eigenvalue weighted by atomic mass is 10.1. The van der Waals surface area contributed by atoms with Gasteiger partial charge in [-0.2, -0.15) is 5.10 Å². The number of anilines is 1. The molecule has 0 radical (unpaired) electrons. The molecule has 0 atom stereocenters. The van der Waals surface area contributed by atoms with E-state index >= 15 is 0 Å². The van der Waals surface area contributed by atoms with E-state index in [9.17, 15) is 14.4 Å². The van der Waals surface area contributed by atoms with Gasteiger partial charge in [0.2, 0.25) is 5.91 Å². The van der Waals surface area contributed by atoms with E-state index in [2.05, 4.69) is 15.2 Å². The van der Waals surface area contributed by atoms with Crippen LogP contribution in [0.4, 0.5) is 5.69 Å². The van der Waals surface area contributed by atoms with E-state index in [1.54, 1.807) is 37.4 Å². The van der Waals surface area contributed by atoms with Crippen molar-refractivity contribution in [3.63, 3.8) is 0 Å². The number of nitrogens with one attached hydrogen (secondary N) is 1. The Morgan fingerprint density at radius 1 is 1.03 bits per heavy atom. The summed E-state index contributed by atoms with van der Waals surface area (Å²) in [5.41, 5.74) is 2.23. The zero-order valence-electron chi connectivity index (χ0n) is 17.3. The third kappa shape index (κ3) is 5.79. The minimum atomic E-state index is -0.438. The highest BCUT2D eigenvalue weighted by molar-refractivity contribution is 5.93. The van der Waals surface area contributed by atoms with Crippen molar-refractivity contribution in [2.24, 2.45) is 0 Å². The number of esters is 1. The maximum Gasteiger partial charge on any atom is 0.337 e. The molecule has 1 aromatic heterocycles. The number of ether oxygens (including phenoxy) is 2. The average molecular weight is 421 g/mol. The van der Waals surface area contributed by atoms with Gasteiger partial charge in [-0.05, 0) is 48.9 Å². The predicted molar refractivity (Wildman–Crippen MR) is 116 cm³/mol. The minimum absolute atomic E-state index is 0.192. The van der Waals surface area contributed by atoms with Crippen molar-refractivity contribution < 1.29 is 19.1 Å². The van der Waals surface area contributed by atoms with Crippen LogP contribution in [0.15, 0.2) is 65.5 Å². The number of rotatable bonds is 8. The van der Waals surface area contributed by atoms with E-state index in [1.807, 2.05) is 24.3 Å². The van der Waals surface area contributed by atoms with Crippen LogP contribution in [0.3, 0.4) is 0 Å². The fourth-order valence-corrected chi connectivity index (χ4v) is 2.97. The summed E-state index contributed by atoms with van der Waals surface area (Å²) >= 11 is 0. The molecule has 0 spiro atoms. The quantitative estimate of drug-likeness (QED) is 0.561. The minimum Gasteiger partial charge on any atom is -0.497 e. The van der Waals surface area contributed by atoms with Gasteiger partial charge >= 0.3 is 5.97 Å². The number of amides is 1. The molecule has 1 heterocycles. The summed E-state index contributed by atoms with van der Waals surface area (Å²) in [5.74, 6) is 0.0724. The van der Waals surface area contributed by atoms with Crippen molar-refractivity contribution in [1.82, 2.24) is 9.78 Å². The van der Waals surface area contributed by atoms with Crippen LogP contribution >= 0.6 is 0 Å². The van der Waals surface area contributed by atoms with Gasteiger partial charge in [0.05, 0.1) is 25.5 Å². The molecule has 0 bridgehead atoms. The fraction of sp³-hybridized carbons (Fsp3) is 0.217. The summed E-state index contributed by atoms with van der Waals surface area (Å²) in [6.45, 7) is 0.311. The lowest BCUT2D eigenvalue weighted by Crippen LogP contribution is -2.23. The van der Waals surface area contributed by atoms with Crippen LogP contribution in [0.2, 0.25) is 0 Å². The zero-order chi connectivity index (χ0) is 22.2. The number of hydrogen-bond donors (Lipinski definition) is 1. The molecule has 160 valence electrons. The average Bonchev–Trinajstić information content (AvgIpc) is 2.80. The Bertz CT molecular complexity index is 1120. The van der Waals surface area contributed by atoms with E-state index in [-0.39, 0.29) is 17.9 Å². The summed E-state index contributed by atoms with van der Waals surface area (Å²) in [6.07, 6.45) is 0.664. The van der Waals surface area contributed by atoms with Crippen LogP contribution < -0.4 is 15.6 Å². The molecule has 3 aromatic rings. The molecule has 0 unspecified atom stereocenters. The topological polar surface area (TPSA) is 99.5 Å². The molecule has 3 rings (SSSR count). The second-order valence-electron chi connectivity index (χ2n) is 6.73. The SMILES string of the molecule is COC(=O)c1ccc(NC(=O)CCCn2nc(-c3cccc(OC)c3)ccc2=O)cc1. The van der Waals surface area contributed by atoms with E-state index in [0.29, 0.717) is 35.7 Å². The Labute approximate surface area is 179 Å². The van der Waals surface area contributed by atoms with Crippen LogP contribution in [-0.4, -0.2) is 35.9 Å². The lowest BCUT2D eigenvalue weighted by Gasteiger charge is -2.09. The second kappa shape index (κ2) is 10.2. The molecule has 1 amide bonds. The standard InChI is InChI=1S/C23H23N3O5/c1-30-19-6-3-5-17(15-19)20-12-13-22(28)26(25-20)14-4-7-21(27)24-18-10-8-16(9-11-18)23(29)31-2/h3,5-6,8-13,15H,4,7,14H2,1-2H3,(H,24,27). The molecule has 0 aliphatic rings. The molecule has 8 heteroatoms. The Kier molecular flexibility index (Phi) is 7.16. The Balaban J connectivity index is 1.58. The number of aryl methyl sites for hydroxylation is 1. The number of carbonyl (C=O) groups excluding carboxylic acids is 2. The maximum atomic E-state index is 12.2. The number of benzene rings is 2. The number of methoxy groups -OCH3 is 2. The number of hydrogen-bond acceptors (Lipinski definition) is 6. The monoisotopic (exact) mass is 421 g/mol. The predicted octanol–water partition coefficient (Wildman–Crippen LogP) is 3.12. The van der Waals surface area contributed by atoms with Gasteiger partial charge in [0.15, 0.2) is 0 Å². The summed E-state index contributed by atoms with van der Waals surface area (Å²) in [4.78, 5) is 35.8. The van der Waals surface area contributed by atoms with Crippen molar-refractivity contribution in [3.05, 3.63) is 76.6 Å². The van der Waals surface area contributed by atoms with Gasteiger partial charge < -0.3 is 14.8 Å². The number of nitrogens with zero attached hydrogens (tertiary/aromatic N) is 2. The van der Waals surface area contributed by atoms with Gasteiger partial charge in [-0.3, -0.25) is 9.59 Å². The molecular formula is C23H23N3O5. The first kappa shape index (κ1) is 21.8. The number of aromatic nitrogens is 2. The van der Waals surface area contributed by atoms with E-state index in [1.165, 1.54) is 17.9 Å². The van der Waals surface area contributed by atoms with Crippen LogP contribution in [0.5, 0.6) is 5.75 Å². The van der Waals surface area contributed by atoms with Crippen LogP contribution in [0.25, 0.3) is 11.3 Å². The van der Waals surface area contributed by atoms with Crippen molar-refractivity contribution >= 4 is 17.6 Å². The largest absolute Gasteiger partial charge is 0.497 e. The Morgan fingerprint density at radius 3 is 2.52 bits per heavy atom. The first-order chi connectivity index (χ1) is 15.0. The maximum absolute atomic E-state index is 12.2. The molecule has 0 fully saturated rings. The van der Waals surface area contributed by atoms with Crippen molar-refractivity contribution in [2.75, 3.05) is 19.5 Å². The third-order valence-electron chi connectivity index (χ3n) is 4.60. The van der Waals surface area contributed by atoms with Gasteiger partial charge in [0, 0.05) is 30.3 Å². The highest BCUT2D eigenvalue weighted by atomic mass is 16.5. The highest BCUT2D eigenvalue weighted by Gasteiger charge is 2.08. The lowest BCUT2D eigenvalue weighted by molar-refractivity contribution is -0.116. The van der Waals surface area contributed by atoms with Crippen molar-refractivity contribution in [2.45, 2.75) is 19.4 Å². The molecule has 31 heavy (non-hydrogen) atoms. The third-order valence-corrected chi connectivity index (χ3v) is 4.60. The first-order valence-corrected chi connectivity index (χ1v) is 9.71.